The van der Waals surface area contributed by atoms with E-state index in [1.54, 1.807) is 0 Å². The highest BCUT2D eigenvalue weighted by atomic mass is 16.6. The van der Waals surface area contributed by atoms with E-state index in [9.17, 15) is 10.1 Å². The monoisotopic (exact) mass is 291 g/mol. The summed E-state index contributed by atoms with van der Waals surface area (Å²) in [5.74, 6) is 0.699. The number of anilines is 2. The van der Waals surface area contributed by atoms with E-state index in [0.717, 1.165) is 25.7 Å². The van der Waals surface area contributed by atoms with E-state index >= 15 is 0 Å². The maximum absolute atomic E-state index is 11.4. The van der Waals surface area contributed by atoms with E-state index in [1.807, 2.05) is 0 Å². The van der Waals surface area contributed by atoms with Gasteiger partial charge < -0.3 is 10.6 Å². The van der Waals surface area contributed by atoms with Crippen LogP contribution in [0.2, 0.25) is 0 Å². The number of nitrogens with zero attached hydrogens (tertiary/aromatic N) is 3. The zero-order valence-electron chi connectivity index (χ0n) is 12.0. The van der Waals surface area contributed by atoms with Gasteiger partial charge in [0.05, 0.1) is 4.92 Å². The molecular formula is C14H21N5O2. The Bertz CT molecular complexity index is 474. The van der Waals surface area contributed by atoms with Gasteiger partial charge in [-0.05, 0) is 25.7 Å². The van der Waals surface area contributed by atoms with Crippen LogP contribution in [0.5, 0.6) is 0 Å². The molecule has 1 aromatic rings. The molecule has 1 aromatic heterocycles. The molecule has 2 saturated carbocycles. The highest BCUT2D eigenvalue weighted by Gasteiger charge is 2.27. The predicted molar refractivity (Wildman–Crippen MR) is 80.4 cm³/mol. The number of hydrogen-bond acceptors (Lipinski definition) is 6. The molecule has 0 aliphatic heterocycles. The SMILES string of the molecule is O=[N+]([O-])c1c(NC2CCCC2)ncnc1NC1CCCC1. The Morgan fingerprint density at radius 2 is 1.38 bits per heavy atom. The Morgan fingerprint density at radius 3 is 1.76 bits per heavy atom. The fourth-order valence-electron chi connectivity index (χ4n) is 3.29. The minimum atomic E-state index is -0.380. The van der Waals surface area contributed by atoms with Crippen LogP contribution < -0.4 is 10.6 Å². The molecule has 114 valence electrons. The third-order valence-corrected chi connectivity index (χ3v) is 4.40. The van der Waals surface area contributed by atoms with Crippen molar-refractivity contribution in [1.29, 1.82) is 0 Å². The van der Waals surface area contributed by atoms with Crippen LogP contribution in [-0.2, 0) is 0 Å². The quantitative estimate of drug-likeness (QED) is 0.639. The van der Waals surface area contributed by atoms with Gasteiger partial charge in [-0.1, -0.05) is 25.7 Å². The van der Waals surface area contributed by atoms with Crippen molar-refractivity contribution in [2.75, 3.05) is 10.6 Å². The maximum Gasteiger partial charge on any atom is 0.353 e. The van der Waals surface area contributed by atoms with Gasteiger partial charge in [0.15, 0.2) is 0 Å². The van der Waals surface area contributed by atoms with Crippen molar-refractivity contribution in [2.45, 2.75) is 63.5 Å². The van der Waals surface area contributed by atoms with Gasteiger partial charge in [0, 0.05) is 12.1 Å². The Kier molecular flexibility index (Phi) is 4.17. The van der Waals surface area contributed by atoms with E-state index in [2.05, 4.69) is 20.6 Å². The molecule has 0 aromatic carbocycles. The van der Waals surface area contributed by atoms with E-state index < -0.39 is 0 Å². The van der Waals surface area contributed by atoms with E-state index in [0.29, 0.717) is 11.6 Å². The molecule has 3 rings (SSSR count). The second kappa shape index (κ2) is 6.24. The van der Waals surface area contributed by atoms with Crippen LogP contribution in [0.4, 0.5) is 17.3 Å². The zero-order valence-corrected chi connectivity index (χ0v) is 12.0. The minimum Gasteiger partial charge on any atom is -0.361 e. The van der Waals surface area contributed by atoms with Crippen molar-refractivity contribution in [2.24, 2.45) is 0 Å². The minimum absolute atomic E-state index is 0.0173. The van der Waals surface area contributed by atoms with Crippen molar-refractivity contribution < 1.29 is 4.92 Å². The highest BCUT2D eigenvalue weighted by molar-refractivity contribution is 5.69. The summed E-state index contributed by atoms with van der Waals surface area (Å²) < 4.78 is 0. The van der Waals surface area contributed by atoms with Gasteiger partial charge in [-0.15, -0.1) is 0 Å². The molecule has 0 saturated heterocycles. The molecule has 7 nitrogen and oxygen atoms in total. The first-order valence-electron chi connectivity index (χ1n) is 7.76. The summed E-state index contributed by atoms with van der Waals surface area (Å²) in [7, 11) is 0. The molecule has 2 N–H and O–H groups in total. The molecule has 0 atom stereocenters. The third-order valence-electron chi connectivity index (χ3n) is 4.40. The number of nitro groups is 1. The van der Waals surface area contributed by atoms with Crippen LogP contribution in [0.15, 0.2) is 6.33 Å². The second-order valence-corrected chi connectivity index (χ2v) is 5.93. The number of nitrogens with one attached hydrogen (secondary N) is 2. The Labute approximate surface area is 123 Å². The molecule has 0 unspecified atom stereocenters. The Hall–Kier alpha value is -1.92. The molecule has 21 heavy (non-hydrogen) atoms. The summed E-state index contributed by atoms with van der Waals surface area (Å²) in [6, 6.07) is 0.580. The van der Waals surface area contributed by atoms with Crippen LogP contribution in [0.1, 0.15) is 51.4 Å². The molecule has 0 radical (unpaired) electrons. The fraction of sp³-hybridized carbons (Fsp3) is 0.714. The van der Waals surface area contributed by atoms with Crippen molar-refractivity contribution in [1.82, 2.24) is 9.97 Å². The van der Waals surface area contributed by atoms with Gasteiger partial charge in [-0.25, -0.2) is 9.97 Å². The van der Waals surface area contributed by atoms with Crippen molar-refractivity contribution in [3.8, 4) is 0 Å². The molecule has 0 spiro atoms. The number of aromatic nitrogens is 2. The van der Waals surface area contributed by atoms with Gasteiger partial charge in [0.1, 0.15) is 6.33 Å². The smallest absolute Gasteiger partial charge is 0.353 e. The summed E-state index contributed by atoms with van der Waals surface area (Å²) in [5.41, 5.74) is -0.0173. The lowest BCUT2D eigenvalue weighted by Crippen LogP contribution is -2.20. The molecule has 2 aliphatic rings. The first-order chi connectivity index (χ1) is 10.2. The van der Waals surface area contributed by atoms with Crippen molar-refractivity contribution in [3.05, 3.63) is 16.4 Å². The summed E-state index contributed by atoms with van der Waals surface area (Å²) in [6.07, 6.45) is 10.3. The second-order valence-electron chi connectivity index (χ2n) is 5.93. The van der Waals surface area contributed by atoms with Gasteiger partial charge >= 0.3 is 5.69 Å². The van der Waals surface area contributed by atoms with Gasteiger partial charge in [0.2, 0.25) is 11.6 Å². The lowest BCUT2D eigenvalue weighted by Gasteiger charge is -2.16. The molecule has 2 fully saturated rings. The van der Waals surface area contributed by atoms with E-state index in [1.165, 1.54) is 32.0 Å². The van der Waals surface area contributed by atoms with Crippen LogP contribution >= 0.6 is 0 Å². The van der Waals surface area contributed by atoms with Crippen molar-refractivity contribution in [3.63, 3.8) is 0 Å². The standard InChI is InChI=1S/C14H21N5O2/c20-19(21)12-13(17-10-5-1-2-6-10)15-9-16-14(12)18-11-7-3-4-8-11/h9-11H,1-8H2,(H2,15,16,17,18). The first-order valence-corrected chi connectivity index (χ1v) is 7.76. The highest BCUT2D eigenvalue weighted by Crippen LogP contribution is 2.33. The van der Waals surface area contributed by atoms with Gasteiger partial charge in [0.25, 0.3) is 0 Å². The van der Waals surface area contributed by atoms with Crippen molar-refractivity contribution >= 4 is 17.3 Å². The molecule has 7 heteroatoms. The average molecular weight is 291 g/mol. The average Bonchev–Trinajstić information content (AvgIpc) is 3.12. The Morgan fingerprint density at radius 1 is 0.952 bits per heavy atom. The van der Waals surface area contributed by atoms with E-state index in [4.69, 9.17) is 0 Å². The molecule has 1 heterocycles. The third kappa shape index (κ3) is 3.22. The van der Waals surface area contributed by atoms with Crippen LogP contribution in [-0.4, -0.2) is 27.0 Å². The largest absolute Gasteiger partial charge is 0.361 e. The zero-order chi connectivity index (χ0) is 14.7. The molecule has 0 bridgehead atoms. The maximum atomic E-state index is 11.4. The molecule has 0 amide bonds. The first kappa shape index (κ1) is 14.0. The summed E-state index contributed by atoms with van der Waals surface area (Å²) >= 11 is 0. The topological polar surface area (TPSA) is 93.0 Å². The summed E-state index contributed by atoms with van der Waals surface area (Å²) in [6.45, 7) is 0. The summed E-state index contributed by atoms with van der Waals surface area (Å²) in [4.78, 5) is 19.2. The Balaban J connectivity index is 1.82. The van der Waals surface area contributed by atoms with Crippen LogP contribution in [0.25, 0.3) is 0 Å². The number of rotatable bonds is 5. The normalized spacial score (nSPS) is 19.8. The molecule has 2 aliphatic carbocycles. The van der Waals surface area contributed by atoms with Crippen LogP contribution in [0.3, 0.4) is 0 Å². The fourth-order valence-corrected chi connectivity index (χ4v) is 3.29. The number of hydrogen-bond donors (Lipinski definition) is 2. The molecular weight excluding hydrogens is 270 g/mol. The van der Waals surface area contributed by atoms with E-state index in [-0.39, 0.29) is 22.7 Å². The van der Waals surface area contributed by atoms with Gasteiger partial charge in [-0.3, -0.25) is 10.1 Å². The lowest BCUT2D eigenvalue weighted by atomic mass is 10.2. The van der Waals surface area contributed by atoms with Gasteiger partial charge in [-0.2, -0.15) is 0 Å². The summed E-state index contributed by atoms with van der Waals surface area (Å²) in [5, 5.41) is 17.9. The predicted octanol–water partition coefficient (Wildman–Crippen LogP) is 3.09. The lowest BCUT2D eigenvalue weighted by molar-refractivity contribution is -0.383. The van der Waals surface area contributed by atoms with Crippen LogP contribution in [0, 0.1) is 10.1 Å².